The Morgan fingerprint density at radius 2 is 1.65 bits per heavy atom. The number of hydrogen-bond acceptors (Lipinski definition) is 3. The SMILES string of the molecule is CC(C)(C)CC(=O)N(Cc1ccccc1NC(=O)c1ccccc1)C1CCCCC1N. The fourth-order valence-electron chi connectivity index (χ4n) is 4.22. The molecule has 1 aliphatic rings. The van der Waals surface area contributed by atoms with Gasteiger partial charge >= 0.3 is 0 Å². The minimum Gasteiger partial charge on any atom is -0.334 e. The van der Waals surface area contributed by atoms with Gasteiger partial charge in [-0.1, -0.05) is 70.0 Å². The fraction of sp³-hybridized carbons (Fsp3) is 0.462. The van der Waals surface area contributed by atoms with Crippen molar-refractivity contribution in [3.63, 3.8) is 0 Å². The molecule has 0 aromatic heterocycles. The standard InChI is InChI=1S/C26H35N3O2/c1-26(2,3)17-24(30)29(23-16-10-8-14-21(23)27)18-20-13-7-9-15-22(20)28-25(31)19-11-5-4-6-12-19/h4-7,9,11-13,15,21,23H,8,10,14,16-18,27H2,1-3H3,(H,28,31). The zero-order valence-electron chi connectivity index (χ0n) is 18.9. The van der Waals surface area contributed by atoms with Gasteiger partial charge in [-0.2, -0.15) is 0 Å². The van der Waals surface area contributed by atoms with Gasteiger partial charge in [0, 0.05) is 36.3 Å². The van der Waals surface area contributed by atoms with Gasteiger partial charge in [0.2, 0.25) is 5.91 Å². The number of carbonyl (C=O) groups excluding carboxylic acids is 2. The van der Waals surface area contributed by atoms with E-state index >= 15 is 0 Å². The number of para-hydroxylation sites is 1. The maximum Gasteiger partial charge on any atom is 0.255 e. The number of carbonyl (C=O) groups is 2. The lowest BCUT2D eigenvalue weighted by Gasteiger charge is -2.40. The summed E-state index contributed by atoms with van der Waals surface area (Å²) in [4.78, 5) is 28.0. The molecule has 1 saturated carbocycles. The van der Waals surface area contributed by atoms with E-state index in [1.807, 2.05) is 47.4 Å². The first kappa shape index (κ1) is 23.0. The monoisotopic (exact) mass is 421 g/mol. The topological polar surface area (TPSA) is 75.4 Å². The quantitative estimate of drug-likeness (QED) is 0.691. The van der Waals surface area contributed by atoms with E-state index in [1.165, 1.54) is 0 Å². The Kier molecular flexibility index (Phi) is 7.50. The van der Waals surface area contributed by atoms with Gasteiger partial charge in [-0.3, -0.25) is 9.59 Å². The van der Waals surface area contributed by atoms with Crippen molar-refractivity contribution in [2.45, 2.75) is 71.5 Å². The van der Waals surface area contributed by atoms with Crippen LogP contribution < -0.4 is 11.1 Å². The van der Waals surface area contributed by atoms with Crippen molar-refractivity contribution < 1.29 is 9.59 Å². The van der Waals surface area contributed by atoms with Crippen molar-refractivity contribution in [3.8, 4) is 0 Å². The summed E-state index contributed by atoms with van der Waals surface area (Å²) in [7, 11) is 0. The molecule has 2 aromatic carbocycles. The van der Waals surface area contributed by atoms with Gasteiger partial charge in [0.05, 0.1) is 0 Å². The van der Waals surface area contributed by atoms with Crippen LogP contribution in [0.1, 0.15) is 68.8 Å². The molecule has 2 amide bonds. The van der Waals surface area contributed by atoms with Crippen LogP contribution in [0.4, 0.5) is 5.69 Å². The van der Waals surface area contributed by atoms with E-state index in [0.717, 1.165) is 36.9 Å². The van der Waals surface area contributed by atoms with Crippen LogP contribution in [0.3, 0.4) is 0 Å². The number of rotatable bonds is 6. The highest BCUT2D eigenvalue weighted by Crippen LogP contribution is 2.29. The maximum atomic E-state index is 13.3. The molecule has 2 unspecified atom stereocenters. The van der Waals surface area contributed by atoms with Crippen molar-refractivity contribution in [1.29, 1.82) is 0 Å². The van der Waals surface area contributed by atoms with Crippen molar-refractivity contribution in [2.24, 2.45) is 11.1 Å². The van der Waals surface area contributed by atoms with Gasteiger partial charge in [-0.25, -0.2) is 0 Å². The van der Waals surface area contributed by atoms with Crippen LogP contribution >= 0.6 is 0 Å². The molecule has 0 heterocycles. The first-order valence-electron chi connectivity index (χ1n) is 11.2. The van der Waals surface area contributed by atoms with Gasteiger partial charge < -0.3 is 16.0 Å². The molecule has 2 aromatic rings. The molecule has 3 N–H and O–H groups in total. The minimum atomic E-state index is -0.157. The Labute approximate surface area is 186 Å². The van der Waals surface area contributed by atoms with Gasteiger partial charge in [0.1, 0.15) is 0 Å². The van der Waals surface area contributed by atoms with Crippen LogP contribution in [-0.4, -0.2) is 28.8 Å². The third kappa shape index (κ3) is 6.41. The molecule has 0 aliphatic heterocycles. The lowest BCUT2D eigenvalue weighted by Crippen LogP contribution is -2.52. The Bertz CT molecular complexity index is 889. The van der Waals surface area contributed by atoms with Crippen LogP contribution in [-0.2, 0) is 11.3 Å². The number of nitrogens with zero attached hydrogens (tertiary/aromatic N) is 1. The van der Waals surface area contributed by atoms with E-state index in [1.54, 1.807) is 12.1 Å². The second-order valence-electron chi connectivity index (χ2n) is 9.75. The van der Waals surface area contributed by atoms with E-state index in [-0.39, 0.29) is 29.3 Å². The predicted molar refractivity (Wildman–Crippen MR) is 126 cm³/mol. The van der Waals surface area contributed by atoms with E-state index in [2.05, 4.69) is 26.1 Å². The highest BCUT2D eigenvalue weighted by atomic mass is 16.2. The Morgan fingerprint density at radius 3 is 2.32 bits per heavy atom. The molecule has 2 atom stereocenters. The molecule has 1 fully saturated rings. The first-order chi connectivity index (χ1) is 14.7. The number of hydrogen-bond donors (Lipinski definition) is 2. The first-order valence-corrected chi connectivity index (χ1v) is 11.2. The summed E-state index contributed by atoms with van der Waals surface area (Å²) in [6, 6.07) is 16.9. The number of anilines is 1. The average Bonchev–Trinajstić information content (AvgIpc) is 2.73. The lowest BCUT2D eigenvalue weighted by atomic mass is 9.87. The molecule has 0 saturated heterocycles. The van der Waals surface area contributed by atoms with E-state index in [4.69, 9.17) is 5.73 Å². The van der Waals surface area contributed by atoms with Crippen molar-refractivity contribution in [1.82, 2.24) is 4.90 Å². The molecular weight excluding hydrogens is 386 g/mol. The fourth-order valence-corrected chi connectivity index (χ4v) is 4.22. The predicted octanol–water partition coefficient (Wildman–Crippen LogP) is 4.97. The van der Waals surface area contributed by atoms with Gasteiger partial charge in [-0.05, 0) is 42.0 Å². The third-order valence-electron chi connectivity index (χ3n) is 5.83. The molecule has 3 rings (SSSR count). The van der Waals surface area contributed by atoms with E-state index in [0.29, 0.717) is 18.5 Å². The second-order valence-corrected chi connectivity index (χ2v) is 9.75. The zero-order valence-corrected chi connectivity index (χ0v) is 18.9. The normalized spacial score (nSPS) is 19.0. The summed E-state index contributed by atoms with van der Waals surface area (Å²) < 4.78 is 0. The van der Waals surface area contributed by atoms with Crippen LogP contribution in [0.25, 0.3) is 0 Å². The average molecular weight is 422 g/mol. The molecule has 5 heteroatoms. The molecular formula is C26H35N3O2. The van der Waals surface area contributed by atoms with Crippen LogP contribution in [0.15, 0.2) is 54.6 Å². The Hall–Kier alpha value is -2.66. The van der Waals surface area contributed by atoms with Gasteiger partial charge in [-0.15, -0.1) is 0 Å². The van der Waals surface area contributed by atoms with Crippen molar-refractivity contribution >= 4 is 17.5 Å². The van der Waals surface area contributed by atoms with Crippen molar-refractivity contribution in [3.05, 3.63) is 65.7 Å². The number of nitrogens with one attached hydrogen (secondary N) is 1. The second kappa shape index (κ2) is 10.1. The van der Waals surface area contributed by atoms with Crippen LogP contribution in [0, 0.1) is 5.41 Å². The number of amides is 2. The minimum absolute atomic E-state index is 0.0104. The molecule has 1 aliphatic carbocycles. The van der Waals surface area contributed by atoms with Gasteiger partial charge in [0.15, 0.2) is 0 Å². The largest absolute Gasteiger partial charge is 0.334 e. The highest BCUT2D eigenvalue weighted by molar-refractivity contribution is 6.04. The number of nitrogens with two attached hydrogens (primary N) is 1. The van der Waals surface area contributed by atoms with Crippen LogP contribution in [0.2, 0.25) is 0 Å². The molecule has 5 nitrogen and oxygen atoms in total. The highest BCUT2D eigenvalue weighted by Gasteiger charge is 2.33. The molecule has 166 valence electrons. The zero-order chi connectivity index (χ0) is 22.4. The number of benzene rings is 2. The molecule has 0 spiro atoms. The summed E-state index contributed by atoms with van der Waals surface area (Å²) in [5.74, 6) is -0.0333. The molecule has 0 bridgehead atoms. The maximum absolute atomic E-state index is 13.3. The third-order valence-corrected chi connectivity index (χ3v) is 5.83. The summed E-state index contributed by atoms with van der Waals surface area (Å²) >= 11 is 0. The summed E-state index contributed by atoms with van der Waals surface area (Å²) in [6.07, 6.45) is 4.54. The Balaban J connectivity index is 1.85. The van der Waals surface area contributed by atoms with E-state index in [9.17, 15) is 9.59 Å². The summed E-state index contributed by atoms with van der Waals surface area (Å²) in [5.41, 5.74) is 8.62. The Morgan fingerprint density at radius 1 is 1.00 bits per heavy atom. The molecule has 31 heavy (non-hydrogen) atoms. The van der Waals surface area contributed by atoms with Crippen molar-refractivity contribution in [2.75, 3.05) is 5.32 Å². The smallest absolute Gasteiger partial charge is 0.255 e. The molecule has 0 radical (unpaired) electrons. The van der Waals surface area contributed by atoms with E-state index < -0.39 is 0 Å². The van der Waals surface area contributed by atoms with Gasteiger partial charge in [0.25, 0.3) is 5.91 Å². The lowest BCUT2D eigenvalue weighted by molar-refractivity contribution is -0.137. The van der Waals surface area contributed by atoms with Crippen LogP contribution in [0.5, 0.6) is 0 Å². The summed E-state index contributed by atoms with van der Waals surface area (Å²) in [6.45, 7) is 6.69. The summed E-state index contributed by atoms with van der Waals surface area (Å²) in [5, 5.41) is 3.03.